The first-order valence-corrected chi connectivity index (χ1v) is 25.6. The first-order valence-electron chi connectivity index (χ1n) is 23.9. The molecule has 20 radical (unpaired) electrons. The summed E-state index contributed by atoms with van der Waals surface area (Å²) in [6.07, 6.45) is 42.5. The largest absolute Gasteiger partial charge is 2.00 e. The Bertz CT molecular complexity index is 2440. The van der Waals surface area contributed by atoms with Gasteiger partial charge >= 0.3 is 34.1 Å². The molecule has 4 aliphatic carbocycles. The summed E-state index contributed by atoms with van der Waals surface area (Å²) in [5, 5.41) is 0. The van der Waals surface area contributed by atoms with Crippen molar-refractivity contribution in [3.63, 3.8) is 0 Å². The van der Waals surface area contributed by atoms with Crippen molar-refractivity contribution in [3.8, 4) is 22.3 Å². The number of rotatable bonds is 12. The molecule has 70 heavy (non-hydrogen) atoms. The second-order valence-corrected chi connectivity index (χ2v) is 18.9. The van der Waals surface area contributed by atoms with Crippen molar-refractivity contribution in [1.29, 1.82) is 0 Å². The van der Waals surface area contributed by atoms with E-state index in [9.17, 15) is 0 Å². The Morgan fingerprint density at radius 3 is 0.971 bits per heavy atom. The van der Waals surface area contributed by atoms with Gasteiger partial charge in [-0.2, -0.15) is 0 Å². The zero-order chi connectivity index (χ0) is 46.7. The number of hydrogen-bond donors (Lipinski definition) is 0. The summed E-state index contributed by atoms with van der Waals surface area (Å²) in [6.45, 7) is 14.8. The van der Waals surface area contributed by atoms with E-state index in [0.717, 1.165) is 84.3 Å². The maximum absolute atomic E-state index is 5.58. The van der Waals surface area contributed by atoms with Crippen molar-refractivity contribution in [3.05, 3.63) is 245 Å². The third kappa shape index (κ3) is 13.0. The minimum absolute atomic E-state index is 0. The molecule has 5 aromatic rings. The Morgan fingerprint density at radius 1 is 0.357 bits per heavy atom. The Hall–Kier alpha value is -3.16. The fraction of sp³-hybridized carbons (Fsp3) is 0.161. The van der Waals surface area contributed by atoms with Crippen molar-refractivity contribution in [2.45, 2.75) is 27.7 Å². The van der Waals surface area contributed by atoms with Crippen molar-refractivity contribution < 1.29 is 34.1 Å². The van der Waals surface area contributed by atoms with Gasteiger partial charge in [-0.25, -0.2) is 9.97 Å². The van der Waals surface area contributed by atoms with Crippen LogP contribution in [0.25, 0.3) is 65.4 Å². The topological polar surface area (TPSA) is 32.3 Å². The van der Waals surface area contributed by atoms with Crippen LogP contribution in [0.2, 0.25) is 0 Å². The van der Waals surface area contributed by atoms with Crippen LogP contribution in [0, 0.1) is 126 Å². The van der Waals surface area contributed by atoms with E-state index >= 15 is 0 Å². The summed E-state index contributed by atoms with van der Waals surface area (Å²) in [4.78, 5) is 16.1. The molecule has 350 valence electrons. The standard InChI is InChI=1S/C52H48N4S2.2C5H5.2Fe/c1-5-55(6-2)33-37-21-15-23-39(37)51-43-27-25-41(53-43)49(35-17-11-9-12-18-35)45-29-30-46(57-45)50(36-19-13-10-14-20-36)42-26-28-44(54-42)52(48-32-31-47(51)58-48)40-24-16-22-38(40)34-56(7-3)8-4;2*1-2-4-5-3-1;;/h9-32H,5-8,33-34H2,1-4H3;2*1-5H;;/q;;;2*+2. The van der Waals surface area contributed by atoms with Crippen LogP contribution in [0.15, 0.2) is 84.9 Å². The third-order valence-corrected chi connectivity index (χ3v) is 14.9. The summed E-state index contributed by atoms with van der Waals surface area (Å²) in [7, 11) is 0. The maximum atomic E-state index is 5.58. The molecule has 6 aliphatic rings. The molecule has 0 spiro atoms. The summed E-state index contributed by atoms with van der Waals surface area (Å²) >= 11 is 3.67. The van der Waals surface area contributed by atoms with Gasteiger partial charge in [0.15, 0.2) is 0 Å². The minimum atomic E-state index is 0. The Morgan fingerprint density at radius 2 is 0.657 bits per heavy atom. The molecule has 5 heterocycles. The van der Waals surface area contributed by atoms with E-state index in [2.05, 4.69) is 185 Å². The van der Waals surface area contributed by atoms with E-state index < -0.39 is 0 Å². The Balaban J connectivity index is 0.000000537. The normalized spacial score (nSPS) is 17.1. The molecule has 4 fully saturated rings. The van der Waals surface area contributed by atoms with Crippen LogP contribution in [0.3, 0.4) is 0 Å². The Labute approximate surface area is 450 Å². The van der Waals surface area contributed by atoms with Crippen molar-refractivity contribution in [1.82, 2.24) is 19.8 Å². The number of nitrogens with zero attached hydrogens (tertiary/aromatic N) is 4. The van der Waals surface area contributed by atoms with Gasteiger partial charge < -0.3 is 9.80 Å². The molecule has 8 heteroatoms. The SMILES string of the molecule is CCN(CC)C[C]1[CH][CH][CH][C]1c1c2nc(c(-c3ccccc3)c3ccc(s3)c(-c3ccccc3)c3nc(c([C]4[CH][CH][CH][C]4CN(CC)CC)c4ccc1s4)C=C3)C=C2.[CH]1[CH][CH][CH][CH]1.[CH]1[CH][CH][CH][CH]1.[Fe+2].[Fe+2]. The zero-order valence-electron chi connectivity index (χ0n) is 40.2. The minimum Gasteiger partial charge on any atom is -0.303 e. The van der Waals surface area contributed by atoms with E-state index in [0.29, 0.717) is 0 Å². The van der Waals surface area contributed by atoms with Crippen molar-refractivity contribution in [2.24, 2.45) is 0 Å². The summed E-state index contributed by atoms with van der Waals surface area (Å²) in [5.74, 6) is 5.16. The third-order valence-electron chi connectivity index (χ3n) is 12.7. The molecule has 0 amide bonds. The number of benzene rings is 2. The molecule has 0 unspecified atom stereocenters. The van der Waals surface area contributed by atoms with Crippen LogP contribution < -0.4 is 0 Å². The van der Waals surface area contributed by atoms with Gasteiger partial charge in [-0.1, -0.05) is 88.4 Å². The van der Waals surface area contributed by atoms with E-state index in [-0.39, 0.29) is 34.1 Å². The van der Waals surface area contributed by atoms with Gasteiger partial charge in [0.25, 0.3) is 0 Å². The number of fused-ring (bicyclic) bond motifs is 8. The van der Waals surface area contributed by atoms with Gasteiger partial charge in [-0.05, 0) is 189 Å². The molecule has 0 atom stereocenters. The molecule has 0 saturated heterocycles. The molecule has 8 bridgehead atoms. The molecule has 2 aliphatic heterocycles. The second-order valence-electron chi connectivity index (χ2n) is 16.8. The second kappa shape index (κ2) is 27.2. The summed E-state index contributed by atoms with van der Waals surface area (Å²) in [5.41, 5.74) is 10.9. The number of thiophene rings is 2. The van der Waals surface area contributed by atoms with E-state index in [1.807, 2.05) is 86.9 Å². The molecule has 0 N–H and O–H groups in total. The predicted molar refractivity (Wildman–Crippen MR) is 292 cm³/mol. The fourth-order valence-corrected chi connectivity index (χ4v) is 11.3. The van der Waals surface area contributed by atoms with Crippen molar-refractivity contribution >= 4 is 65.8 Å². The quantitative estimate of drug-likeness (QED) is 0.114. The van der Waals surface area contributed by atoms with Crippen LogP contribution in [0.5, 0.6) is 0 Å². The first-order chi connectivity index (χ1) is 33.6. The van der Waals surface area contributed by atoms with Crippen molar-refractivity contribution in [2.75, 3.05) is 39.3 Å². The molecular formula is C62H58Fe2N4S2+4. The average Bonchev–Trinajstić information content (AvgIpc) is 4.23. The predicted octanol–water partition coefficient (Wildman–Crippen LogP) is 14.4. The van der Waals surface area contributed by atoms with Crippen LogP contribution in [-0.2, 0) is 34.1 Å². The van der Waals surface area contributed by atoms with Crippen LogP contribution >= 0.6 is 22.7 Å². The molecule has 2 aromatic carbocycles. The monoisotopic (exact) mass is 1030 g/mol. The molecule has 4 saturated carbocycles. The molecular weight excluding hydrogens is 977 g/mol. The fourth-order valence-electron chi connectivity index (χ4n) is 9.03. The molecule has 11 rings (SSSR count). The van der Waals surface area contributed by atoms with E-state index in [4.69, 9.17) is 9.97 Å². The maximum Gasteiger partial charge on any atom is 2.00 e. The smallest absolute Gasteiger partial charge is 0.303 e. The van der Waals surface area contributed by atoms with Crippen LogP contribution in [0.4, 0.5) is 0 Å². The first kappa shape index (κ1) is 54.6. The molecule has 3 aromatic heterocycles. The van der Waals surface area contributed by atoms with E-state index in [1.54, 1.807) is 0 Å². The van der Waals surface area contributed by atoms with Crippen LogP contribution in [-0.4, -0.2) is 59.0 Å². The number of hydrogen-bond acceptors (Lipinski definition) is 6. The van der Waals surface area contributed by atoms with Gasteiger partial charge in [0.2, 0.25) is 0 Å². The van der Waals surface area contributed by atoms with Gasteiger partial charge in [0.05, 0.1) is 22.8 Å². The summed E-state index contributed by atoms with van der Waals surface area (Å²) < 4.78 is 4.77. The van der Waals surface area contributed by atoms with Gasteiger partial charge in [0.1, 0.15) is 0 Å². The average molecular weight is 1030 g/mol. The van der Waals surface area contributed by atoms with Gasteiger partial charge in [0, 0.05) is 77.8 Å². The Kier molecular flexibility index (Phi) is 21.2. The zero-order valence-corrected chi connectivity index (χ0v) is 44.0. The van der Waals surface area contributed by atoms with Gasteiger partial charge in [-0.15, -0.1) is 22.7 Å². The van der Waals surface area contributed by atoms with E-state index in [1.165, 1.54) is 53.6 Å². The van der Waals surface area contributed by atoms with Crippen LogP contribution in [0.1, 0.15) is 61.6 Å². The van der Waals surface area contributed by atoms with Gasteiger partial charge in [-0.3, -0.25) is 0 Å². The molecule has 4 nitrogen and oxygen atoms in total. The summed E-state index contributed by atoms with van der Waals surface area (Å²) in [6, 6.07) is 30.7. The number of aromatic nitrogens is 2.